The molecule has 5 nitrogen and oxygen atoms in total. The lowest BCUT2D eigenvalue weighted by Crippen LogP contribution is -2.41. The first-order valence-corrected chi connectivity index (χ1v) is 8.95. The van der Waals surface area contributed by atoms with Crippen molar-refractivity contribution in [3.05, 3.63) is 63.1 Å². The van der Waals surface area contributed by atoms with Crippen molar-refractivity contribution in [2.45, 2.75) is 12.5 Å². The fourth-order valence-corrected chi connectivity index (χ4v) is 4.19. The second-order valence-electron chi connectivity index (χ2n) is 6.17. The predicted molar refractivity (Wildman–Crippen MR) is 97.0 cm³/mol. The largest absolute Gasteiger partial charge is 0.496 e. The molecular weight excluding hydrogens is 384 g/mol. The van der Waals surface area contributed by atoms with Gasteiger partial charge in [0, 0.05) is 16.6 Å². The van der Waals surface area contributed by atoms with Crippen LogP contribution in [0.25, 0.3) is 0 Å². The van der Waals surface area contributed by atoms with E-state index in [4.69, 9.17) is 4.74 Å². The molecule has 2 aromatic carbocycles. The molecule has 25 heavy (non-hydrogen) atoms. The lowest BCUT2D eigenvalue weighted by Gasteiger charge is -2.31. The standard InChI is InChI=1S/C19H17BrN2O3/c1-25-16-7-6-14(20)13-8-9-21-15(17(13)16)10-22-18(23)11-4-2-3-5-12(11)19(22)24/h2-7,15,21H,8-10H2,1H3/t15-/m1/s1. The number of rotatable bonds is 3. The van der Waals surface area contributed by atoms with Gasteiger partial charge in [-0.15, -0.1) is 0 Å². The van der Waals surface area contributed by atoms with Crippen molar-refractivity contribution in [2.24, 2.45) is 0 Å². The molecule has 0 saturated carbocycles. The molecule has 0 radical (unpaired) electrons. The zero-order valence-corrected chi connectivity index (χ0v) is 15.3. The Bertz CT molecular complexity index is 846. The van der Waals surface area contributed by atoms with Gasteiger partial charge in [0.15, 0.2) is 0 Å². The molecule has 0 fully saturated rings. The van der Waals surface area contributed by atoms with Gasteiger partial charge in [-0.05, 0) is 42.8 Å². The van der Waals surface area contributed by atoms with Crippen LogP contribution in [0.1, 0.15) is 37.9 Å². The summed E-state index contributed by atoms with van der Waals surface area (Å²) in [5.41, 5.74) is 3.13. The topological polar surface area (TPSA) is 58.6 Å². The number of halogens is 1. The summed E-state index contributed by atoms with van der Waals surface area (Å²) in [6.07, 6.45) is 0.867. The highest BCUT2D eigenvalue weighted by atomic mass is 79.9. The van der Waals surface area contributed by atoms with Gasteiger partial charge in [-0.25, -0.2) is 0 Å². The molecule has 0 unspecified atom stereocenters. The van der Waals surface area contributed by atoms with Gasteiger partial charge in [0.05, 0.1) is 24.3 Å². The Morgan fingerprint density at radius 3 is 2.48 bits per heavy atom. The normalized spacial score (nSPS) is 19.0. The average molecular weight is 401 g/mol. The summed E-state index contributed by atoms with van der Waals surface area (Å²) < 4.78 is 6.55. The molecular formula is C19H17BrN2O3. The van der Waals surface area contributed by atoms with E-state index in [2.05, 4.69) is 21.2 Å². The fraction of sp³-hybridized carbons (Fsp3) is 0.263. The van der Waals surface area contributed by atoms with Gasteiger partial charge in [-0.2, -0.15) is 0 Å². The summed E-state index contributed by atoms with van der Waals surface area (Å²) in [5.74, 6) is 0.305. The Kier molecular flexibility index (Phi) is 4.09. The molecule has 1 atom stereocenters. The Balaban J connectivity index is 1.70. The molecule has 2 heterocycles. The molecule has 1 N–H and O–H groups in total. The summed E-state index contributed by atoms with van der Waals surface area (Å²) in [5, 5.41) is 3.43. The molecule has 0 bridgehead atoms. The van der Waals surface area contributed by atoms with E-state index >= 15 is 0 Å². The van der Waals surface area contributed by atoms with Crippen LogP contribution in [0.3, 0.4) is 0 Å². The number of amides is 2. The molecule has 0 aliphatic carbocycles. The maximum absolute atomic E-state index is 12.7. The predicted octanol–water partition coefficient (Wildman–Crippen LogP) is 2.94. The van der Waals surface area contributed by atoms with E-state index in [-0.39, 0.29) is 24.4 Å². The first kappa shape index (κ1) is 16.3. The smallest absolute Gasteiger partial charge is 0.261 e. The van der Waals surface area contributed by atoms with E-state index < -0.39 is 0 Å². The van der Waals surface area contributed by atoms with E-state index in [0.29, 0.717) is 11.1 Å². The number of nitrogens with zero attached hydrogens (tertiary/aromatic N) is 1. The Labute approximate surface area is 154 Å². The Morgan fingerprint density at radius 1 is 1.16 bits per heavy atom. The maximum Gasteiger partial charge on any atom is 0.261 e. The summed E-state index contributed by atoms with van der Waals surface area (Å²) in [6.45, 7) is 1.07. The monoisotopic (exact) mass is 400 g/mol. The fourth-order valence-electron chi connectivity index (χ4n) is 3.65. The van der Waals surface area contributed by atoms with Crippen LogP contribution in [-0.2, 0) is 6.42 Å². The molecule has 0 spiro atoms. The van der Waals surface area contributed by atoms with Crippen LogP contribution in [0.15, 0.2) is 40.9 Å². The number of nitrogens with one attached hydrogen (secondary N) is 1. The van der Waals surface area contributed by atoms with Gasteiger partial charge >= 0.3 is 0 Å². The van der Waals surface area contributed by atoms with E-state index in [0.717, 1.165) is 28.8 Å². The van der Waals surface area contributed by atoms with Crippen molar-refractivity contribution in [2.75, 3.05) is 20.2 Å². The minimum atomic E-state index is -0.233. The van der Waals surface area contributed by atoms with Gasteiger partial charge in [-0.1, -0.05) is 28.1 Å². The number of imide groups is 1. The molecule has 2 aliphatic heterocycles. The first-order chi connectivity index (χ1) is 12.1. The van der Waals surface area contributed by atoms with Crippen molar-refractivity contribution in [1.29, 1.82) is 0 Å². The van der Waals surface area contributed by atoms with Gasteiger partial charge < -0.3 is 10.1 Å². The molecule has 4 rings (SSSR count). The van der Waals surface area contributed by atoms with E-state index in [1.165, 1.54) is 10.5 Å². The number of carbonyl (C=O) groups is 2. The van der Waals surface area contributed by atoms with Crippen LogP contribution in [0.4, 0.5) is 0 Å². The zero-order valence-electron chi connectivity index (χ0n) is 13.7. The lowest BCUT2D eigenvalue weighted by molar-refractivity contribution is 0.0636. The summed E-state index contributed by atoms with van der Waals surface area (Å²) in [4.78, 5) is 26.6. The minimum absolute atomic E-state index is 0.154. The van der Waals surface area contributed by atoms with E-state index in [1.807, 2.05) is 12.1 Å². The van der Waals surface area contributed by atoms with Crippen LogP contribution in [0, 0.1) is 0 Å². The summed E-state index contributed by atoms with van der Waals surface area (Å²) >= 11 is 3.60. The van der Waals surface area contributed by atoms with Gasteiger partial charge in [0.25, 0.3) is 11.8 Å². The van der Waals surface area contributed by atoms with Gasteiger partial charge in [-0.3, -0.25) is 14.5 Å². The molecule has 2 amide bonds. The SMILES string of the molecule is COc1ccc(Br)c2c1[C@@H](CN1C(=O)c3ccccc3C1=O)NCC2. The number of methoxy groups -OCH3 is 1. The highest BCUT2D eigenvalue weighted by Gasteiger charge is 2.38. The number of carbonyl (C=O) groups excluding carboxylic acids is 2. The van der Waals surface area contributed by atoms with Crippen LogP contribution in [-0.4, -0.2) is 36.9 Å². The molecule has 6 heteroatoms. The highest BCUT2D eigenvalue weighted by Crippen LogP contribution is 2.37. The second-order valence-corrected chi connectivity index (χ2v) is 7.02. The van der Waals surface area contributed by atoms with Gasteiger partial charge in [0.1, 0.15) is 5.75 Å². The third kappa shape index (κ3) is 2.56. The average Bonchev–Trinajstić information content (AvgIpc) is 2.88. The second kappa shape index (κ2) is 6.28. The number of hydrogen-bond acceptors (Lipinski definition) is 4. The lowest BCUT2D eigenvalue weighted by atomic mass is 9.93. The molecule has 128 valence electrons. The third-order valence-corrected chi connectivity index (χ3v) is 5.58. The summed E-state index contributed by atoms with van der Waals surface area (Å²) in [7, 11) is 1.64. The van der Waals surface area contributed by atoms with Gasteiger partial charge in [0.2, 0.25) is 0 Å². The quantitative estimate of drug-likeness (QED) is 0.804. The van der Waals surface area contributed by atoms with E-state index in [1.54, 1.807) is 31.4 Å². The molecule has 0 aromatic heterocycles. The van der Waals surface area contributed by atoms with Crippen molar-refractivity contribution in [3.8, 4) is 5.75 Å². The van der Waals surface area contributed by atoms with Crippen molar-refractivity contribution in [3.63, 3.8) is 0 Å². The van der Waals surface area contributed by atoms with Crippen LogP contribution < -0.4 is 10.1 Å². The van der Waals surface area contributed by atoms with Crippen molar-refractivity contribution in [1.82, 2.24) is 10.2 Å². The van der Waals surface area contributed by atoms with E-state index in [9.17, 15) is 9.59 Å². The highest BCUT2D eigenvalue weighted by molar-refractivity contribution is 9.10. The first-order valence-electron chi connectivity index (χ1n) is 8.15. The minimum Gasteiger partial charge on any atom is -0.496 e. The number of hydrogen-bond donors (Lipinski definition) is 1. The van der Waals surface area contributed by atoms with Crippen molar-refractivity contribution >= 4 is 27.7 Å². The van der Waals surface area contributed by atoms with Crippen LogP contribution >= 0.6 is 15.9 Å². The molecule has 0 saturated heterocycles. The van der Waals surface area contributed by atoms with Crippen molar-refractivity contribution < 1.29 is 14.3 Å². The number of ether oxygens (including phenoxy) is 1. The third-order valence-electron chi connectivity index (χ3n) is 4.84. The Hall–Kier alpha value is -2.18. The van der Waals surface area contributed by atoms with Crippen LogP contribution in [0.5, 0.6) is 5.75 Å². The maximum atomic E-state index is 12.7. The van der Waals surface area contributed by atoms with Crippen LogP contribution in [0.2, 0.25) is 0 Å². The Morgan fingerprint density at radius 2 is 1.84 bits per heavy atom. The zero-order chi connectivity index (χ0) is 17.6. The molecule has 2 aromatic rings. The number of fused-ring (bicyclic) bond motifs is 2. The number of benzene rings is 2. The molecule has 2 aliphatic rings. The summed E-state index contributed by atoms with van der Waals surface area (Å²) in [6, 6.07) is 10.7.